The number of rotatable bonds is 8. The molecule has 2 heterocycles. The minimum Gasteiger partial charge on any atom is -0.491 e. The van der Waals surface area contributed by atoms with Gasteiger partial charge in [0.1, 0.15) is 12.4 Å². The molecule has 6 heteroatoms. The highest BCUT2D eigenvalue weighted by Gasteiger charge is 2.33. The highest BCUT2D eigenvalue weighted by Crippen LogP contribution is 2.34. The van der Waals surface area contributed by atoms with Crippen molar-refractivity contribution >= 4 is 23.2 Å². The van der Waals surface area contributed by atoms with Gasteiger partial charge in [-0.05, 0) is 42.0 Å². The largest absolute Gasteiger partial charge is 0.491 e. The van der Waals surface area contributed by atoms with Gasteiger partial charge in [0, 0.05) is 24.4 Å². The Morgan fingerprint density at radius 2 is 2.00 bits per heavy atom. The molecule has 1 aliphatic rings. The van der Waals surface area contributed by atoms with Crippen LogP contribution in [0.5, 0.6) is 5.75 Å². The summed E-state index contributed by atoms with van der Waals surface area (Å²) in [6.07, 6.45) is 2.12. The Labute approximate surface area is 170 Å². The zero-order valence-corrected chi connectivity index (χ0v) is 17.4. The molecule has 1 unspecified atom stereocenters. The number of hydrogen-bond donors (Lipinski definition) is 0. The second-order valence-electron chi connectivity index (χ2n) is 6.94. The lowest BCUT2D eigenvalue weighted by Crippen LogP contribution is -2.47. The van der Waals surface area contributed by atoms with Gasteiger partial charge in [-0.2, -0.15) is 0 Å². The van der Waals surface area contributed by atoms with Crippen LogP contribution in [0.15, 0.2) is 41.8 Å². The average molecular weight is 401 g/mol. The molecule has 1 aromatic carbocycles. The lowest BCUT2D eigenvalue weighted by Gasteiger charge is -2.37. The molecule has 1 atom stereocenters. The van der Waals surface area contributed by atoms with Crippen molar-refractivity contribution in [2.75, 3.05) is 26.2 Å². The normalized spacial score (nSPS) is 15.8. The Kier molecular flexibility index (Phi) is 7.09. The van der Waals surface area contributed by atoms with Crippen molar-refractivity contribution in [3.05, 3.63) is 52.2 Å². The average Bonchev–Trinajstić information content (AvgIpc) is 3.20. The van der Waals surface area contributed by atoms with Crippen LogP contribution in [0.2, 0.25) is 0 Å². The lowest BCUT2D eigenvalue weighted by atomic mass is 10.0. The molecule has 2 amide bonds. The summed E-state index contributed by atoms with van der Waals surface area (Å²) < 4.78 is 6.00. The molecule has 28 heavy (non-hydrogen) atoms. The Morgan fingerprint density at radius 1 is 1.21 bits per heavy atom. The topological polar surface area (TPSA) is 49.9 Å². The zero-order chi connectivity index (χ0) is 19.9. The van der Waals surface area contributed by atoms with E-state index in [1.54, 1.807) is 16.2 Å². The molecule has 0 aliphatic carbocycles. The van der Waals surface area contributed by atoms with Gasteiger partial charge >= 0.3 is 0 Å². The SMILES string of the molecule is CCCN(CC(=O)N1CCc2sccc2C1COc1ccccc1)C(=O)CC. The summed E-state index contributed by atoms with van der Waals surface area (Å²) in [4.78, 5) is 30.2. The number of hydrogen-bond acceptors (Lipinski definition) is 4. The maximum absolute atomic E-state index is 13.1. The maximum atomic E-state index is 13.1. The fourth-order valence-electron chi connectivity index (χ4n) is 3.61. The van der Waals surface area contributed by atoms with Crippen molar-refractivity contribution in [3.8, 4) is 5.75 Å². The van der Waals surface area contributed by atoms with E-state index in [1.165, 1.54) is 10.4 Å². The number of carbonyl (C=O) groups is 2. The number of fused-ring (bicyclic) bond motifs is 1. The minimum atomic E-state index is -0.122. The number of ether oxygens (including phenoxy) is 1. The quantitative estimate of drug-likeness (QED) is 0.675. The first kappa shape index (κ1) is 20.4. The summed E-state index contributed by atoms with van der Waals surface area (Å²) in [5, 5.41) is 2.08. The van der Waals surface area contributed by atoms with Gasteiger partial charge in [0.15, 0.2) is 0 Å². The number of benzene rings is 1. The van der Waals surface area contributed by atoms with Crippen molar-refractivity contribution in [3.63, 3.8) is 0 Å². The fraction of sp³-hybridized carbons (Fsp3) is 0.455. The molecular formula is C22H28N2O3S. The summed E-state index contributed by atoms with van der Waals surface area (Å²) in [6, 6.07) is 11.6. The number of thiophene rings is 1. The Hall–Kier alpha value is -2.34. The first-order valence-electron chi connectivity index (χ1n) is 9.95. The van der Waals surface area contributed by atoms with E-state index in [9.17, 15) is 9.59 Å². The van der Waals surface area contributed by atoms with E-state index in [2.05, 4.69) is 11.4 Å². The van der Waals surface area contributed by atoms with Crippen LogP contribution in [0.3, 0.4) is 0 Å². The Bertz CT molecular complexity index is 790. The zero-order valence-electron chi connectivity index (χ0n) is 16.6. The molecule has 1 aromatic heterocycles. The van der Waals surface area contributed by atoms with Gasteiger partial charge in [-0.15, -0.1) is 11.3 Å². The molecular weight excluding hydrogens is 372 g/mol. The van der Waals surface area contributed by atoms with Gasteiger partial charge < -0.3 is 14.5 Å². The van der Waals surface area contributed by atoms with Gasteiger partial charge in [0.2, 0.25) is 11.8 Å². The number of carbonyl (C=O) groups excluding carboxylic acids is 2. The molecule has 0 bridgehead atoms. The summed E-state index contributed by atoms with van der Waals surface area (Å²) in [5.41, 5.74) is 1.17. The molecule has 0 N–H and O–H groups in total. The molecule has 2 aromatic rings. The van der Waals surface area contributed by atoms with Crippen LogP contribution in [-0.4, -0.2) is 47.9 Å². The van der Waals surface area contributed by atoms with Crippen LogP contribution in [0.4, 0.5) is 0 Å². The predicted octanol–water partition coefficient (Wildman–Crippen LogP) is 3.90. The van der Waals surface area contributed by atoms with Gasteiger partial charge in [0.05, 0.1) is 12.6 Å². The molecule has 0 fully saturated rings. The van der Waals surface area contributed by atoms with Crippen molar-refractivity contribution in [2.24, 2.45) is 0 Å². The van der Waals surface area contributed by atoms with Gasteiger partial charge in [-0.3, -0.25) is 9.59 Å². The standard InChI is InChI=1S/C22H28N2O3S/c1-3-12-23(21(25)4-2)15-22(26)24-13-10-20-18(11-14-28-20)19(24)16-27-17-8-6-5-7-9-17/h5-9,11,14,19H,3-4,10,12-13,15-16H2,1-2H3. The molecule has 0 spiro atoms. The van der Waals surface area contributed by atoms with Crippen LogP contribution in [0.25, 0.3) is 0 Å². The predicted molar refractivity (Wildman–Crippen MR) is 112 cm³/mol. The second kappa shape index (κ2) is 9.73. The highest BCUT2D eigenvalue weighted by molar-refractivity contribution is 7.10. The number of nitrogens with zero attached hydrogens (tertiary/aromatic N) is 2. The first-order valence-corrected chi connectivity index (χ1v) is 10.8. The Balaban J connectivity index is 1.75. The highest BCUT2D eigenvalue weighted by atomic mass is 32.1. The van der Waals surface area contributed by atoms with Crippen molar-refractivity contribution in [1.29, 1.82) is 0 Å². The summed E-state index contributed by atoms with van der Waals surface area (Å²) in [5.74, 6) is 0.820. The molecule has 3 rings (SSSR count). The molecule has 150 valence electrons. The third-order valence-corrected chi connectivity index (χ3v) is 6.04. The van der Waals surface area contributed by atoms with E-state index >= 15 is 0 Å². The third-order valence-electron chi connectivity index (χ3n) is 5.04. The molecule has 0 saturated carbocycles. The van der Waals surface area contributed by atoms with Crippen LogP contribution in [0.1, 0.15) is 43.2 Å². The first-order chi connectivity index (χ1) is 13.6. The monoisotopic (exact) mass is 400 g/mol. The third kappa shape index (κ3) is 4.73. The van der Waals surface area contributed by atoms with Gasteiger partial charge in [-0.25, -0.2) is 0 Å². The van der Waals surface area contributed by atoms with Crippen LogP contribution in [-0.2, 0) is 16.0 Å². The maximum Gasteiger partial charge on any atom is 0.242 e. The van der Waals surface area contributed by atoms with E-state index in [0.717, 1.165) is 18.6 Å². The fourth-order valence-corrected chi connectivity index (χ4v) is 4.53. The smallest absolute Gasteiger partial charge is 0.242 e. The summed E-state index contributed by atoms with van der Waals surface area (Å²) in [6.45, 7) is 5.69. The van der Waals surface area contributed by atoms with Crippen molar-refractivity contribution in [1.82, 2.24) is 9.80 Å². The summed E-state index contributed by atoms with van der Waals surface area (Å²) >= 11 is 1.74. The van der Waals surface area contributed by atoms with E-state index < -0.39 is 0 Å². The molecule has 1 aliphatic heterocycles. The van der Waals surface area contributed by atoms with Crippen LogP contribution >= 0.6 is 11.3 Å². The number of para-hydroxylation sites is 1. The van der Waals surface area contributed by atoms with Gasteiger partial charge in [-0.1, -0.05) is 32.0 Å². The van der Waals surface area contributed by atoms with E-state index in [1.807, 2.05) is 49.1 Å². The molecule has 0 saturated heterocycles. The van der Waals surface area contributed by atoms with E-state index in [4.69, 9.17) is 4.74 Å². The van der Waals surface area contributed by atoms with Crippen LogP contribution < -0.4 is 4.74 Å². The minimum absolute atomic E-state index is 0.00578. The van der Waals surface area contributed by atoms with Crippen LogP contribution in [0, 0.1) is 0 Å². The van der Waals surface area contributed by atoms with Gasteiger partial charge in [0.25, 0.3) is 0 Å². The Morgan fingerprint density at radius 3 is 2.71 bits per heavy atom. The van der Waals surface area contributed by atoms with E-state index in [-0.39, 0.29) is 24.4 Å². The molecule has 0 radical (unpaired) electrons. The summed E-state index contributed by atoms with van der Waals surface area (Å²) in [7, 11) is 0. The number of amides is 2. The molecule has 5 nitrogen and oxygen atoms in total. The van der Waals surface area contributed by atoms with E-state index in [0.29, 0.717) is 26.1 Å². The van der Waals surface area contributed by atoms with Crippen molar-refractivity contribution in [2.45, 2.75) is 39.2 Å². The second-order valence-corrected chi connectivity index (χ2v) is 7.95. The van der Waals surface area contributed by atoms with Crippen molar-refractivity contribution < 1.29 is 14.3 Å². The lowest BCUT2D eigenvalue weighted by molar-refractivity contribution is -0.142.